The van der Waals surface area contributed by atoms with Gasteiger partial charge in [-0.05, 0) is 29.8 Å². The number of aromatic nitrogens is 2. The molecule has 6 nitrogen and oxygen atoms in total. The van der Waals surface area contributed by atoms with Crippen molar-refractivity contribution in [1.82, 2.24) is 10.2 Å². The zero-order valence-electron chi connectivity index (χ0n) is 12.6. The highest BCUT2D eigenvalue weighted by molar-refractivity contribution is 7.99. The highest BCUT2D eigenvalue weighted by Crippen LogP contribution is 2.23. The van der Waals surface area contributed by atoms with Gasteiger partial charge in [0.15, 0.2) is 5.76 Å². The topological polar surface area (TPSA) is 81.5 Å². The van der Waals surface area contributed by atoms with E-state index in [0.717, 1.165) is 5.56 Å². The van der Waals surface area contributed by atoms with Crippen LogP contribution in [0.25, 0.3) is 11.7 Å². The van der Waals surface area contributed by atoms with E-state index in [9.17, 15) is 5.11 Å². The van der Waals surface area contributed by atoms with Gasteiger partial charge >= 0.3 is 0 Å². The minimum atomic E-state index is -0.638. The average molecular weight is 367 g/mol. The number of rotatable bonds is 8. The average Bonchev–Trinajstić information content (AvgIpc) is 3.26. The minimum absolute atomic E-state index is 0.217. The van der Waals surface area contributed by atoms with Gasteiger partial charge in [-0.1, -0.05) is 35.5 Å². The van der Waals surface area contributed by atoms with E-state index in [-0.39, 0.29) is 6.61 Å². The first-order valence-electron chi connectivity index (χ1n) is 7.21. The number of benzene rings is 1. The molecule has 0 aliphatic carbocycles. The molecular weight excluding hydrogens is 352 g/mol. The first kappa shape index (κ1) is 17.0. The van der Waals surface area contributed by atoms with Crippen molar-refractivity contribution >= 4 is 23.4 Å². The molecule has 2 aromatic heterocycles. The maximum absolute atomic E-state index is 9.95. The van der Waals surface area contributed by atoms with Crippen LogP contribution in [0, 0.1) is 0 Å². The van der Waals surface area contributed by atoms with Crippen LogP contribution in [-0.2, 0) is 11.3 Å². The standard InChI is InChI=1S/C16H15ClN2O4S/c17-12-5-3-11(4-6-12)8-21-9-13(20)10-24-16-19-18-15(23-16)14-2-1-7-22-14/h1-7,13,20H,8-10H2. The molecule has 0 bridgehead atoms. The quantitative estimate of drug-likeness (QED) is 0.609. The fraction of sp³-hybridized carbons (Fsp3) is 0.250. The highest BCUT2D eigenvalue weighted by atomic mass is 35.5. The lowest BCUT2D eigenvalue weighted by molar-refractivity contribution is 0.0397. The molecule has 3 aromatic rings. The summed E-state index contributed by atoms with van der Waals surface area (Å²) in [6.45, 7) is 0.636. The zero-order valence-corrected chi connectivity index (χ0v) is 14.2. The van der Waals surface area contributed by atoms with Crippen LogP contribution < -0.4 is 0 Å². The van der Waals surface area contributed by atoms with Crippen molar-refractivity contribution < 1.29 is 18.7 Å². The Kier molecular flexibility index (Phi) is 5.92. The van der Waals surface area contributed by atoms with E-state index in [1.54, 1.807) is 24.3 Å². The van der Waals surface area contributed by atoms with Crippen molar-refractivity contribution in [3.63, 3.8) is 0 Å². The monoisotopic (exact) mass is 366 g/mol. The van der Waals surface area contributed by atoms with Crippen LogP contribution in [0.4, 0.5) is 0 Å². The first-order valence-corrected chi connectivity index (χ1v) is 8.57. The SMILES string of the molecule is OC(COCc1ccc(Cl)cc1)CSc1nnc(-c2ccco2)o1. The van der Waals surface area contributed by atoms with Gasteiger partial charge in [-0.2, -0.15) is 0 Å². The number of ether oxygens (including phenoxy) is 1. The maximum Gasteiger partial charge on any atom is 0.284 e. The molecule has 8 heteroatoms. The Hall–Kier alpha value is -1.80. The summed E-state index contributed by atoms with van der Waals surface area (Å²) in [5.41, 5.74) is 0.999. The summed E-state index contributed by atoms with van der Waals surface area (Å²) in [5, 5.41) is 18.8. The van der Waals surface area contributed by atoms with E-state index < -0.39 is 6.10 Å². The van der Waals surface area contributed by atoms with E-state index >= 15 is 0 Å². The normalized spacial score (nSPS) is 12.4. The summed E-state index contributed by atoms with van der Waals surface area (Å²) in [5.74, 6) is 1.22. The van der Waals surface area contributed by atoms with Gasteiger partial charge in [-0.3, -0.25) is 0 Å². The molecule has 0 saturated heterocycles. The Morgan fingerprint density at radius 2 is 2.04 bits per heavy atom. The Balaban J connectivity index is 1.39. The van der Waals surface area contributed by atoms with Gasteiger partial charge in [-0.25, -0.2) is 0 Å². The van der Waals surface area contributed by atoms with Crippen molar-refractivity contribution in [2.45, 2.75) is 17.9 Å². The number of halogens is 1. The Morgan fingerprint density at radius 3 is 2.79 bits per heavy atom. The minimum Gasteiger partial charge on any atom is -0.459 e. The van der Waals surface area contributed by atoms with Gasteiger partial charge in [0.1, 0.15) is 0 Å². The van der Waals surface area contributed by atoms with Gasteiger partial charge in [0.2, 0.25) is 0 Å². The lowest BCUT2D eigenvalue weighted by atomic mass is 10.2. The summed E-state index contributed by atoms with van der Waals surface area (Å²) in [6.07, 6.45) is 0.898. The smallest absolute Gasteiger partial charge is 0.284 e. The molecule has 0 saturated carbocycles. The number of nitrogens with zero attached hydrogens (tertiary/aromatic N) is 2. The zero-order chi connectivity index (χ0) is 16.8. The fourth-order valence-electron chi connectivity index (χ4n) is 1.88. The Bertz CT molecular complexity index is 746. The van der Waals surface area contributed by atoms with Crippen molar-refractivity contribution in [1.29, 1.82) is 0 Å². The molecule has 1 unspecified atom stereocenters. The van der Waals surface area contributed by atoms with Crippen molar-refractivity contribution in [2.75, 3.05) is 12.4 Å². The largest absolute Gasteiger partial charge is 0.459 e. The molecule has 24 heavy (non-hydrogen) atoms. The summed E-state index contributed by atoms with van der Waals surface area (Å²) >= 11 is 7.09. The number of furan rings is 1. The van der Waals surface area contributed by atoms with Crippen molar-refractivity contribution in [3.05, 3.63) is 53.2 Å². The van der Waals surface area contributed by atoms with Crippen LogP contribution in [-0.4, -0.2) is 33.8 Å². The molecule has 0 spiro atoms. The van der Waals surface area contributed by atoms with E-state index in [4.69, 9.17) is 25.2 Å². The molecule has 2 heterocycles. The van der Waals surface area contributed by atoms with Crippen LogP contribution in [0.1, 0.15) is 5.56 Å². The third kappa shape index (κ3) is 4.85. The highest BCUT2D eigenvalue weighted by Gasteiger charge is 2.13. The number of hydrogen-bond donors (Lipinski definition) is 1. The third-order valence-corrected chi connectivity index (χ3v) is 4.25. The van der Waals surface area contributed by atoms with Crippen LogP contribution in [0.5, 0.6) is 0 Å². The predicted molar refractivity (Wildman–Crippen MR) is 89.8 cm³/mol. The molecule has 0 radical (unpaired) electrons. The number of aliphatic hydroxyl groups excluding tert-OH is 1. The molecule has 1 N–H and O–H groups in total. The summed E-state index contributed by atoms with van der Waals surface area (Å²) in [6, 6.07) is 10.9. The second-order valence-electron chi connectivity index (χ2n) is 4.96. The van der Waals surface area contributed by atoms with Gasteiger partial charge in [-0.15, -0.1) is 10.2 Å². The van der Waals surface area contributed by atoms with Gasteiger partial charge in [0, 0.05) is 10.8 Å². The van der Waals surface area contributed by atoms with E-state index in [1.807, 2.05) is 12.1 Å². The Labute approximate surface area is 147 Å². The summed E-state index contributed by atoms with van der Waals surface area (Å²) < 4.78 is 16.1. The maximum atomic E-state index is 9.95. The van der Waals surface area contributed by atoms with Crippen LogP contribution in [0.3, 0.4) is 0 Å². The van der Waals surface area contributed by atoms with Crippen LogP contribution >= 0.6 is 23.4 Å². The Morgan fingerprint density at radius 1 is 1.21 bits per heavy atom. The molecule has 1 aromatic carbocycles. The summed E-state index contributed by atoms with van der Waals surface area (Å²) in [7, 11) is 0. The number of hydrogen-bond acceptors (Lipinski definition) is 7. The number of thioether (sulfide) groups is 1. The molecule has 1 atom stereocenters. The van der Waals surface area contributed by atoms with Crippen LogP contribution in [0.15, 0.2) is 56.7 Å². The van der Waals surface area contributed by atoms with E-state index in [0.29, 0.717) is 34.3 Å². The predicted octanol–water partition coefficient (Wildman–Crippen LogP) is 3.65. The molecule has 0 aliphatic rings. The van der Waals surface area contributed by atoms with Crippen LogP contribution in [0.2, 0.25) is 5.02 Å². The summed E-state index contributed by atoms with van der Waals surface area (Å²) in [4.78, 5) is 0. The number of aliphatic hydroxyl groups is 1. The van der Waals surface area contributed by atoms with Crippen molar-refractivity contribution in [2.24, 2.45) is 0 Å². The first-order chi connectivity index (χ1) is 11.7. The molecule has 0 amide bonds. The lowest BCUT2D eigenvalue weighted by Gasteiger charge is -2.09. The second kappa shape index (κ2) is 8.34. The van der Waals surface area contributed by atoms with E-state index in [1.165, 1.54) is 18.0 Å². The molecular formula is C16H15ClN2O4S. The second-order valence-corrected chi connectivity index (χ2v) is 6.36. The molecule has 0 fully saturated rings. The fourth-order valence-corrected chi connectivity index (χ4v) is 2.67. The molecule has 0 aliphatic heterocycles. The molecule has 126 valence electrons. The van der Waals surface area contributed by atoms with E-state index in [2.05, 4.69) is 10.2 Å². The third-order valence-electron chi connectivity index (χ3n) is 3.03. The van der Waals surface area contributed by atoms with Crippen molar-refractivity contribution in [3.8, 4) is 11.7 Å². The van der Waals surface area contributed by atoms with Gasteiger partial charge in [0.25, 0.3) is 11.1 Å². The molecule has 3 rings (SSSR count). The van der Waals surface area contributed by atoms with Gasteiger partial charge in [0.05, 0.1) is 25.6 Å². The lowest BCUT2D eigenvalue weighted by Crippen LogP contribution is -2.17. The van der Waals surface area contributed by atoms with Gasteiger partial charge < -0.3 is 18.7 Å².